The summed E-state index contributed by atoms with van der Waals surface area (Å²) in [6.07, 6.45) is -0.630. The minimum Gasteiger partial charge on any atom is -0.378 e. The molecule has 2 aliphatic heterocycles. The second-order valence-corrected chi connectivity index (χ2v) is 8.18. The first kappa shape index (κ1) is 19.9. The second kappa shape index (κ2) is 6.97. The van der Waals surface area contributed by atoms with Crippen LogP contribution in [0.1, 0.15) is 5.56 Å². The number of nitrogens with one attached hydrogen (secondary N) is 1. The van der Waals surface area contributed by atoms with Crippen molar-refractivity contribution < 1.29 is 26.4 Å². The quantitative estimate of drug-likeness (QED) is 0.820. The van der Waals surface area contributed by atoms with Crippen LogP contribution in [-0.2, 0) is 21.0 Å². The van der Waals surface area contributed by atoms with Crippen LogP contribution in [0.4, 0.5) is 24.5 Å². The van der Waals surface area contributed by atoms with Gasteiger partial charge in [0.25, 0.3) is 15.9 Å². The first-order valence-corrected chi connectivity index (χ1v) is 9.76. The van der Waals surface area contributed by atoms with Crippen LogP contribution >= 0.6 is 0 Å². The molecule has 1 amide bonds. The van der Waals surface area contributed by atoms with Gasteiger partial charge in [-0.3, -0.25) is 4.79 Å². The number of hydrogen-bond donors (Lipinski definition) is 1. The number of halogens is 3. The van der Waals surface area contributed by atoms with Crippen LogP contribution < -0.4 is 10.2 Å². The van der Waals surface area contributed by atoms with Crippen molar-refractivity contribution >= 4 is 33.1 Å². The molecule has 1 N–H and O–H groups in total. The van der Waals surface area contributed by atoms with Gasteiger partial charge in [0, 0.05) is 32.5 Å². The van der Waals surface area contributed by atoms with Gasteiger partial charge in [-0.25, -0.2) is 8.42 Å². The summed E-state index contributed by atoms with van der Waals surface area (Å²) in [7, 11) is -0.307. The van der Waals surface area contributed by atoms with Crippen LogP contribution in [0.5, 0.6) is 0 Å². The van der Waals surface area contributed by atoms with E-state index in [0.717, 1.165) is 6.07 Å². The Morgan fingerprint density at radius 1 is 1.25 bits per heavy atom. The van der Waals surface area contributed by atoms with Crippen molar-refractivity contribution in [2.75, 3.05) is 36.6 Å². The molecule has 2 aliphatic rings. The summed E-state index contributed by atoms with van der Waals surface area (Å²) in [5.74, 6) is -0.791. The Morgan fingerprint density at radius 2 is 1.96 bits per heavy atom. The summed E-state index contributed by atoms with van der Waals surface area (Å²) in [6.45, 7) is 0.105. The zero-order valence-corrected chi connectivity index (χ0v) is 15.8. The molecule has 0 fully saturated rings. The third kappa shape index (κ3) is 4.19. The van der Waals surface area contributed by atoms with Crippen LogP contribution in [0.25, 0.3) is 0 Å². The van der Waals surface area contributed by atoms with Gasteiger partial charge in [-0.2, -0.15) is 13.2 Å². The summed E-state index contributed by atoms with van der Waals surface area (Å²) in [5, 5.41) is 2.28. The lowest BCUT2D eigenvalue weighted by Crippen LogP contribution is -2.37. The number of rotatable bonds is 3. The van der Waals surface area contributed by atoms with E-state index in [1.54, 1.807) is 14.1 Å². The number of fused-ring (bicyclic) bond motifs is 1. The van der Waals surface area contributed by atoms with Gasteiger partial charge in [-0.15, -0.1) is 4.40 Å². The summed E-state index contributed by atoms with van der Waals surface area (Å²) < 4.78 is 66.8. The van der Waals surface area contributed by atoms with Gasteiger partial charge >= 0.3 is 6.18 Å². The first-order chi connectivity index (χ1) is 13.0. The Balaban J connectivity index is 1.86. The predicted octanol–water partition coefficient (Wildman–Crippen LogP) is 2.21. The van der Waals surface area contributed by atoms with E-state index < -0.39 is 27.7 Å². The zero-order valence-electron chi connectivity index (χ0n) is 15.0. The molecule has 0 saturated carbocycles. The minimum absolute atomic E-state index is 0.0862. The molecule has 1 aromatic rings. The molecule has 0 unspecified atom stereocenters. The molecule has 0 aliphatic carbocycles. The van der Waals surface area contributed by atoms with Crippen molar-refractivity contribution in [3.05, 3.63) is 47.7 Å². The maximum Gasteiger partial charge on any atom is 0.418 e. The van der Waals surface area contributed by atoms with E-state index in [4.69, 9.17) is 0 Å². The fraction of sp³-hybridized carbons (Fsp3) is 0.294. The topological polar surface area (TPSA) is 82.1 Å². The molecule has 2 heterocycles. The molecule has 0 radical (unpaired) electrons. The number of carbonyl (C=O) groups excluding carboxylic acids is 1. The number of anilines is 2. The molecule has 0 aromatic heterocycles. The SMILES string of the molecule is CN(C)c1ccc(NC(=O)C2=CN3CCS(=O)(=O)N=C3C=C2)c(C(F)(F)F)c1. The molecule has 28 heavy (non-hydrogen) atoms. The van der Waals surface area contributed by atoms with Gasteiger partial charge in [0.1, 0.15) is 5.84 Å². The van der Waals surface area contributed by atoms with E-state index in [-0.39, 0.29) is 29.4 Å². The van der Waals surface area contributed by atoms with Crippen molar-refractivity contribution in [3.63, 3.8) is 0 Å². The van der Waals surface area contributed by atoms with Crippen molar-refractivity contribution in [2.24, 2.45) is 4.40 Å². The van der Waals surface area contributed by atoms with E-state index in [2.05, 4.69) is 9.71 Å². The normalized spacial score (nSPS) is 18.1. The van der Waals surface area contributed by atoms with Crippen LogP contribution in [-0.4, -0.2) is 51.5 Å². The Morgan fingerprint density at radius 3 is 2.61 bits per heavy atom. The molecule has 1 aromatic carbocycles. The molecule has 0 bridgehead atoms. The van der Waals surface area contributed by atoms with Gasteiger partial charge in [-0.1, -0.05) is 0 Å². The summed E-state index contributed by atoms with van der Waals surface area (Å²) >= 11 is 0. The van der Waals surface area contributed by atoms with Gasteiger partial charge in [0.05, 0.1) is 22.6 Å². The van der Waals surface area contributed by atoms with Gasteiger partial charge in [-0.05, 0) is 30.4 Å². The average Bonchev–Trinajstić information content (AvgIpc) is 2.59. The van der Waals surface area contributed by atoms with E-state index in [9.17, 15) is 26.4 Å². The maximum absolute atomic E-state index is 13.4. The summed E-state index contributed by atoms with van der Waals surface area (Å²) in [4.78, 5) is 15.5. The minimum atomic E-state index is -4.65. The van der Waals surface area contributed by atoms with Crippen LogP contribution in [0, 0.1) is 0 Å². The van der Waals surface area contributed by atoms with Crippen molar-refractivity contribution in [1.29, 1.82) is 0 Å². The number of amides is 1. The highest BCUT2D eigenvalue weighted by atomic mass is 32.2. The standard InChI is InChI=1S/C17H17F3N4O3S/c1-23(2)12-4-5-14(13(9-12)17(18,19)20)21-16(25)11-3-6-15-22-28(26,27)8-7-24(15)10-11/h3-6,9-10H,7-8H2,1-2H3,(H,21,25). The molecule has 0 atom stereocenters. The molecule has 150 valence electrons. The molecule has 3 rings (SSSR count). The van der Waals surface area contributed by atoms with Crippen molar-refractivity contribution in [1.82, 2.24) is 4.90 Å². The summed E-state index contributed by atoms with van der Waals surface area (Å²) in [6, 6.07) is 3.63. The number of benzene rings is 1. The highest BCUT2D eigenvalue weighted by Gasteiger charge is 2.35. The molecule has 11 heteroatoms. The lowest BCUT2D eigenvalue weighted by atomic mass is 10.1. The average molecular weight is 414 g/mol. The van der Waals surface area contributed by atoms with Crippen LogP contribution in [0.3, 0.4) is 0 Å². The highest BCUT2D eigenvalue weighted by molar-refractivity contribution is 7.90. The third-order valence-electron chi connectivity index (χ3n) is 4.16. The number of hydrogen-bond acceptors (Lipinski definition) is 5. The number of alkyl halides is 3. The Kier molecular flexibility index (Phi) is 4.96. The van der Waals surface area contributed by atoms with Gasteiger partial charge < -0.3 is 15.1 Å². The van der Waals surface area contributed by atoms with E-state index in [1.165, 1.54) is 40.3 Å². The smallest absolute Gasteiger partial charge is 0.378 e. The predicted molar refractivity (Wildman–Crippen MR) is 99.6 cm³/mol. The van der Waals surface area contributed by atoms with E-state index in [1.807, 2.05) is 0 Å². The second-order valence-electron chi connectivity index (χ2n) is 6.42. The fourth-order valence-corrected chi connectivity index (χ4v) is 3.65. The maximum atomic E-state index is 13.4. The molecule has 0 saturated heterocycles. The molecular weight excluding hydrogens is 397 g/mol. The van der Waals surface area contributed by atoms with E-state index >= 15 is 0 Å². The van der Waals surface area contributed by atoms with Crippen molar-refractivity contribution in [3.8, 4) is 0 Å². The fourth-order valence-electron chi connectivity index (χ4n) is 2.68. The molecule has 0 spiro atoms. The summed E-state index contributed by atoms with van der Waals surface area (Å²) in [5.41, 5.74) is -0.891. The molecular formula is C17H17F3N4O3S. The lowest BCUT2D eigenvalue weighted by molar-refractivity contribution is -0.136. The Labute approximate surface area is 159 Å². The highest BCUT2D eigenvalue weighted by Crippen LogP contribution is 2.37. The van der Waals surface area contributed by atoms with E-state index in [0.29, 0.717) is 5.69 Å². The molecule has 7 nitrogen and oxygen atoms in total. The zero-order chi connectivity index (χ0) is 20.7. The lowest BCUT2D eigenvalue weighted by Gasteiger charge is -2.27. The van der Waals surface area contributed by atoms with Crippen molar-refractivity contribution in [2.45, 2.75) is 6.18 Å². The number of sulfonamides is 1. The van der Waals surface area contributed by atoms with Crippen LogP contribution in [0.2, 0.25) is 0 Å². The van der Waals surface area contributed by atoms with Crippen LogP contribution in [0.15, 0.2) is 46.5 Å². The van der Waals surface area contributed by atoms with Gasteiger partial charge in [0.2, 0.25) is 0 Å². The first-order valence-electron chi connectivity index (χ1n) is 8.15. The number of carbonyl (C=O) groups is 1. The third-order valence-corrected chi connectivity index (χ3v) is 5.32. The number of nitrogens with zero attached hydrogens (tertiary/aromatic N) is 3. The largest absolute Gasteiger partial charge is 0.418 e. The Bertz CT molecular complexity index is 1010. The Hall–Kier alpha value is -2.82. The monoisotopic (exact) mass is 414 g/mol. The number of amidine groups is 1. The van der Waals surface area contributed by atoms with Gasteiger partial charge in [0.15, 0.2) is 0 Å².